The Morgan fingerprint density at radius 3 is 2.74 bits per heavy atom. The Bertz CT molecular complexity index is 575. The second-order valence-electron chi connectivity index (χ2n) is 4.11. The Morgan fingerprint density at radius 1 is 1.26 bits per heavy atom. The van der Waals surface area contributed by atoms with Gasteiger partial charge in [-0.05, 0) is 17.7 Å². The summed E-state index contributed by atoms with van der Waals surface area (Å²) < 4.78 is 31.3. The van der Waals surface area contributed by atoms with Gasteiger partial charge in [0.25, 0.3) is 0 Å². The zero-order chi connectivity index (χ0) is 13.8. The summed E-state index contributed by atoms with van der Waals surface area (Å²) >= 11 is 0. The normalized spacial score (nSPS) is 12.2. The average Bonchev–Trinajstić information content (AvgIpc) is 2.42. The van der Waals surface area contributed by atoms with E-state index in [4.69, 9.17) is 4.74 Å². The van der Waals surface area contributed by atoms with Crippen LogP contribution in [0.15, 0.2) is 36.7 Å². The number of nitrogens with zero attached hydrogens (tertiary/aromatic N) is 1. The van der Waals surface area contributed by atoms with Gasteiger partial charge in [0.2, 0.25) is 0 Å². The third kappa shape index (κ3) is 3.26. The van der Waals surface area contributed by atoms with E-state index in [1.54, 1.807) is 6.07 Å². The fourth-order valence-corrected chi connectivity index (χ4v) is 1.74. The van der Waals surface area contributed by atoms with Crippen LogP contribution < -0.4 is 4.74 Å². The van der Waals surface area contributed by atoms with E-state index >= 15 is 0 Å². The Balaban J connectivity index is 2.17. The lowest BCUT2D eigenvalue weighted by Crippen LogP contribution is -2.04. The minimum absolute atomic E-state index is 0.0426. The van der Waals surface area contributed by atoms with Gasteiger partial charge in [-0.2, -0.15) is 0 Å². The molecule has 1 heterocycles. The maximum Gasteiger partial charge on any atom is 0.137 e. The highest BCUT2D eigenvalue weighted by molar-refractivity contribution is 5.27. The Labute approximate surface area is 109 Å². The van der Waals surface area contributed by atoms with Crippen molar-refractivity contribution in [2.24, 2.45) is 0 Å². The second kappa shape index (κ2) is 5.75. The van der Waals surface area contributed by atoms with Crippen LogP contribution in [0, 0.1) is 11.6 Å². The Kier molecular flexibility index (Phi) is 4.06. The molecule has 2 aromatic rings. The third-order valence-corrected chi connectivity index (χ3v) is 2.78. The van der Waals surface area contributed by atoms with Gasteiger partial charge in [-0.15, -0.1) is 0 Å². The SMILES string of the molecule is COc1cncc(C(O)Cc2ccc(F)cc2F)c1. The molecular weight excluding hydrogens is 252 g/mol. The van der Waals surface area contributed by atoms with Crippen LogP contribution in [0.2, 0.25) is 0 Å². The van der Waals surface area contributed by atoms with Crippen LogP contribution in [0.3, 0.4) is 0 Å². The largest absolute Gasteiger partial charge is 0.495 e. The Hall–Kier alpha value is -2.01. The first-order valence-corrected chi connectivity index (χ1v) is 5.71. The van der Waals surface area contributed by atoms with Gasteiger partial charge < -0.3 is 9.84 Å². The molecule has 100 valence electrons. The van der Waals surface area contributed by atoms with Gasteiger partial charge in [0.1, 0.15) is 17.4 Å². The second-order valence-corrected chi connectivity index (χ2v) is 4.11. The molecule has 0 aliphatic rings. The van der Waals surface area contributed by atoms with Crippen molar-refractivity contribution in [3.63, 3.8) is 0 Å². The van der Waals surface area contributed by atoms with Crippen LogP contribution in [-0.2, 0) is 6.42 Å². The van der Waals surface area contributed by atoms with Gasteiger partial charge in [0.05, 0.1) is 19.4 Å². The maximum atomic E-state index is 13.5. The predicted octanol–water partition coefficient (Wildman–Crippen LogP) is 2.64. The van der Waals surface area contributed by atoms with Gasteiger partial charge in [0.15, 0.2) is 0 Å². The van der Waals surface area contributed by atoms with E-state index in [1.165, 1.54) is 25.6 Å². The fraction of sp³-hybridized carbons (Fsp3) is 0.214. The molecule has 0 aliphatic heterocycles. The molecule has 1 N–H and O–H groups in total. The predicted molar refractivity (Wildman–Crippen MR) is 65.8 cm³/mol. The lowest BCUT2D eigenvalue weighted by Gasteiger charge is -2.12. The molecule has 0 bridgehead atoms. The highest BCUT2D eigenvalue weighted by Gasteiger charge is 2.13. The lowest BCUT2D eigenvalue weighted by atomic mass is 10.0. The summed E-state index contributed by atoms with van der Waals surface area (Å²) in [6, 6.07) is 4.90. The third-order valence-electron chi connectivity index (χ3n) is 2.78. The number of hydrogen-bond acceptors (Lipinski definition) is 3. The highest BCUT2D eigenvalue weighted by atomic mass is 19.1. The van der Waals surface area contributed by atoms with Crippen molar-refractivity contribution in [2.75, 3.05) is 7.11 Å². The molecule has 5 heteroatoms. The number of pyridine rings is 1. The molecule has 0 spiro atoms. The fourth-order valence-electron chi connectivity index (χ4n) is 1.74. The summed E-state index contributed by atoms with van der Waals surface area (Å²) in [4.78, 5) is 3.92. The van der Waals surface area contributed by atoms with Gasteiger partial charge in [0, 0.05) is 24.2 Å². The maximum absolute atomic E-state index is 13.5. The molecule has 0 saturated carbocycles. The minimum Gasteiger partial charge on any atom is -0.495 e. The first-order valence-electron chi connectivity index (χ1n) is 5.71. The van der Waals surface area contributed by atoms with E-state index in [-0.39, 0.29) is 12.0 Å². The highest BCUT2D eigenvalue weighted by Crippen LogP contribution is 2.22. The number of aromatic nitrogens is 1. The van der Waals surface area contributed by atoms with Crippen LogP contribution in [0.25, 0.3) is 0 Å². The van der Waals surface area contributed by atoms with Gasteiger partial charge in [-0.3, -0.25) is 4.98 Å². The molecule has 0 aliphatic carbocycles. The van der Waals surface area contributed by atoms with Crippen molar-refractivity contribution >= 4 is 0 Å². The van der Waals surface area contributed by atoms with E-state index < -0.39 is 17.7 Å². The molecule has 1 atom stereocenters. The summed E-state index contributed by atoms with van der Waals surface area (Å²) in [7, 11) is 1.49. The van der Waals surface area contributed by atoms with Gasteiger partial charge in [-0.1, -0.05) is 6.07 Å². The number of rotatable bonds is 4. The van der Waals surface area contributed by atoms with Crippen molar-refractivity contribution in [3.8, 4) is 5.75 Å². The smallest absolute Gasteiger partial charge is 0.137 e. The van der Waals surface area contributed by atoms with E-state index in [2.05, 4.69) is 4.98 Å². The molecule has 19 heavy (non-hydrogen) atoms. The lowest BCUT2D eigenvalue weighted by molar-refractivity contribution is 0.176. The summed E-state index contributed by atoms with van der Waals surface area (Å²) in [6.07, 6.45) is 2.10. The van der Waals surface area contributed by atoms with Crippen LogP contribution in [0.4, 0.5) is 8.78 Å². The molecule has 0 radical (unpaired) electrons. The van der Waals surface area contributed by atoms with E-state index in [1.807, 2.05) is 0 Å². The summed E-state index contributed by atoms with van der Waals surface area (Å²) in [6.45, 7) is 0. The molecule has 2 rings (SSSR count). The van der Waals surface area contributed by atoms with Crippen molar-refractivity contribution in [1.29, 1.82) is 0 Å². The monoisotopic (exact) mass is 265 g/mol. The number of benzene rings is 1. The Morgan fingerprint density at radius 2 is 2.05 bits per heavy atom. The van der Waals surface area contributed by atoms with Crippen molar-refractivity contribution in [1.82, 2.24) is 4.98 Å². The van der Waals surface area contributed by atoms with E-state index in [9.17, 15) is 13.9 Å². The molecule has 3 nitrogen and oxygen atoms in total. The van der Waals surface area contributed by atoms with Gasteiger partial charge >= 0.3 is 0 Å². The van der Waals surface area contributed by atoms with Crippen LogP contribution in [-0.4, -0.2) is 17.2 Å². The zero-order valence-electron chi connectivity index (χ0n) is 10.3. The van der Waals surface area contributed by atoms with E-state index in [0.717, 1.165) is 12.1 Å². The molecule has 1 unspecified atom stereocenters. The number of aliphatic hydroxyl groups excluding tert-OH is 1. The quantitative estimate of drug-likeness (QED) is 0.924. The molecular formula is C14H13F2NO2. The molecule has 0 saturated heterocycles. The summed E-state index contributed by atoms with van der Waals surface area (Å²) in [5.74, 6) is -0.801. The van der Waals surface area contributed by atoms with Crippen LogP contribution in [0.1, 0.15) is 17.2 Å². The van der Waals surface area contributed by atoms with Gasteiger partial charge in [-0.25, -0.2) is 8.78 Å². The number of aliphatic hydroxyl groups is 1. The topological polar surface area (TPSA) is 42.4 Å². The van der Waals surface area contributed by atoms with Crippen molar-refractivity contribution < 1.29 is 18.6 Å². The van der Waals surface area contributed by atoms with Crippen molar-refractivity contribution in [2.45, 2.75) is 12.5 Å². The summed E-state index contributed by atoms with van der Waals surface area (Å²) in [5.41, 5.74) is 0.764. The number of hydrogen-bond donors (Lipinski definition) is 1. The van der Waals surface area contributed by atoms with Crippen LogP contribution >= 0.6 is 0 Å². The zero-order valence-corrected chi connectivity index (χ0v) is 10.3. The van der Waals surface area contributed by atoms with Crippen LogP contribution in [0.5, 0.6) is 5.75 Å². The minimum atomic E-state index is -0.928. The standard InChI is InChI=1S/C14H13F2NO2/c1-19-12-4-10(7-17-8-12)14(18)5-9-2-3-11(15)6-13(9)16/h2-4,6-8,14,18H,5H2,1H3. The van der Waals surface area contributed by atoms with E-state index in [0.29, 0.717) is 11.3 Å². The number of methoxy groups -OCH3 is 1. The number of halogens is 2. The number of ether oxygens (including phenoxy) is 1. The first kappa shape index (κ1) is 13.4. The van der Waals surface area contributed by atoms with Crippen molar-refractivity contribution in [3.05, 3.63) is 59.4 Å². The summed E-state index contributed by atoms with van der Waals surface area (Å²) in [5, 5.41) is 10.0. The molecule has 0 fully saturated rings. The molecule has 1 aromatic carbocycles. The molecule has 1 aromatic heterocycles. The first-order chi connectivity index (χ1) is 9.10. The molecule has 0 amide bonds. The average molecular weight is 265 g/mol.